The van der Waals surface area contributed by atoms with Gasteiger partial charge in [-0.15, -0.1) is 11.3 Å². The van der Waals surface area contributed by atoms with Gasteiger partial charge in [-0.05, 0) is 30.0 Å². The highest BCUT2D eigenvalue weighted by Gasteiger charge is 2.07. The lowest BCUT2D eigenvalue weighted by Crippen LogP contribution is -2.37. The fourth-order valence-corrected chi connectivity index (χ4v) is 3.48. The van der Waals surface area contributed by atoms with E-state index in [9.17, 15) is 0 Å². The number of guanidine groups is 1. The minimum absolute atomic E-state index is 0.464. The molecular formula is C19H25N5OS. The molecule has 7 heteroatoms. The fraction of sp³-hybridized carbons (Fsp3) is 0.368. The van der Waals surface area contributed by atoms with E-state index >= 15 is 0 Å². The number of thiazole rings is 1. The first-order valence-electron chi connectivity index (χ1n) is 8.69. The Morgan fingerprint density at radius 3 is 2.81 bits per heavy atom. The van der Waals surface area contributed by atoms with Crippen molar-refractivity contribution in [2.24, 2.45) is 4.99 Å². The molecule has 0 spiro atoms. The second-order valence-corrected chi connectivity index (χ2v) is 7.01. The number of aromatic nitrogens is 2. The standard InChI is InChI=1S/C19H25N5OS/c1-14(15-4-6-17(25-3)7-5-15)8-9-21-18(20-2)22-12-16-13-24-10-11-26-19(24)23-16/h4-7,10-11,13-14H,8-9,12H2,1-3H3,(H2,20,21,22). The summed E-state index contributed by atoms with van der Waals surface area (Å²) in [5.74, 6) is 2.15. The van der Waals surface area contributed by atoms with Crippen molar-refractivity contribution in [1.29, 1.82) is 0 Å². The number of aliphatic imine (C=N–C) groups is 1. The van der Waals surface area contributed by atoms with Crippen molar-refractivity contribution < 1.29 is 4.74 Å². The first-order chi connectivity index (χ1) is 12.7. The van der Waals surface area contributed by atoms with Gasteiger partial charge in [0.15, 0.2) is 10.9 Å². The third-order valence-electron chi connectivity index (χ3n) is 4.36. The lowest BCUT2D eigenvalue weighted by Gasteiger charge is -2.15. The number of nitrogens with zero attached hydrogens (tertiary/aromatic N) is 3. The Morgan fingerprint density at radius 2 is 2.12 bits per heavy atom. The molecule has 0 amide bonds. The zero-order chi connectivity index (χ0) is 18.4. The molecule has 138 valence electrons. The first-order valence-corrected chi connectivity index (χ1v) is 9.57. The van der Waals surface area contributed by atoms with Crippen molar-refractivity contribution in [3.8, 4) is 5.75 Å². The molecule has 3 rings (SSSR count). The molecule has 2 aromatic heterocycles. The second kappa shape index (κ2) is 8.71. The van der Waals surface area contributed by atoms with Crippen LogP contribution in [0.15, 0.2) is 47.0 Å². The van der Waals surface area contributed by atoms with Crippen LogP contribution in [0.1, 0.15) is 30.5 Å². The van der Waals surface area contributed by atoms with Gasteiger partial charge in [0.25, 0.3) is 0 Å². The second-order valence-electron chi connectivity index (χ2n) is 6.14. The molecule has 0 saturated carbocycles. The highest BCUT2D eigenvalue weighted by molar-refractivity contribution is 7.15. The van der Waals surface area contributed by atoms with Crippen LogP contribution >= 0.6 is 11.3 Å². The molecule has 0 radical (unpaired) electrons. The van der Waals surface area contributed by atoms with E-state index in [4.69, 9.17) is 4.74 Å². The van der Waals surface area contributed by atoms with E-state index in [-0.39, 0.29) is 0 Å². The Bertz CT molecular complexity index is 824. The molecule has 0 fully saturated rings. The van der Waals surface area contributed by atoms with Gasteiger partial charge < -0.3 is 15.4 Å². The third kappa shape index (κ3) is 4.54. The number of imidazole rings is 1. The number of nitrogens with one attached hydrogen (secondary N) is 2. The van der Waals surface area contributed by atoms with Crippen LogP contribution in [-0.4, -0.2) is 36.0 Å². The third-order valence-corrected chi connectivity index (χ3v) is 5.13. The Kier molecular flexibility index (Phi) is 6.12. The smallest absolute Gasteiger partial charge is 0.193 e. The SMILES string of the molecule is CN=C(NCCC(C)c1ccc(OC)cc1)NCc1cn2ccsc2n1. The van der Waals surface area contributed by atoms with Crippen LogP contribution in [0.4, 0.5) is 0 Å². The largest absolute Gasteiger partial charge is 0.497 e. The molecule has 2 heterocycles. The zero-order valence-electron chi connectivity index (χ0n) is 15.4. The van der Waals surface area contributed by atoms with Gasteiger partial charge >= 0.3 is 0 Å². The highest BCUT2D eigenvalue weighted by atomic mass is 32.1. The van der Waals surface area contributed by atoms with E-state index in [1.807, 2.05) is 34.3 Å². The first kappa shape index (κ1) is 18.3. The normalized spacial score (nSPS) is 13.0. The Hall–Kier alpha value is -2.54. The van der Waals surface area contributed by atoms with Gasteiger partial charge in [0.05, 0.1) is 19.3 Å². The zero-order valence-corrected chi connectivity index (χ0v) is 16.2. The van der Waals surface area contributed by atoms with Crippen LogP contribution in [-0.2, 0) is 6.54 Å². The van der Waals surface area contributed by atoms with Gasteiger partial charge in [0, 0.05) is 31.4 Å². The summed E-state index contributed by atoms with van der Waals surface area (Å²) < 4.78 is 7.25. The lowest BCUT2D eigenvalue weighted by atomic mass is 9.98. The van der Waals surface area contributed by atoms with E-state index in [2.05, 4.69) is 39.7 Å². The van der Waals surface area contributed by atoms with Crippen molar-refractivity contribution >= 4 is 22.3 Å². The number of benzene rings is 1. The number of methoxy groups -OCH3 is 1. The van der Waals surface area contributed by atoms with Gasteiger partial charge in [-0.25, -0.2) is 4.98 Å². The summed E-state index contributed by atoms with van der Waals surface area (Å²) in [6, 6.07) is 8.27. The Balaban J connectivity index is 1.43. The van der Waals surface area contributed by atoms with Crippen LogP contribution in [0.2, 0.25) is 0 Å². The Labute approximate surface area is 157 Å². The maximum absolute atomic E-state index is 5.21. The maximum atomic E-state index is 5.21. The van der Waals surface area contributed by atoms with E-state index in [1.54, 1.807) is 25.5 Å². The summed E-state index contributed by atoms with van der Waals surface area (Å²) in [5.41, 5.74) is 2.32. The molecular weight excluding hydrogens is 346 g/mol. The molecule has 0 saturated heterocycles. The summed E-state index contributed by atoms with van der Waals surface area (Å²) in [5, 5.41) is 8.72. The van der Waals surface area contributed by atoms with Crippen molar-refractivity contribution in [3.05, 3.63) is 53.3 Å². The van der Waals surface area contributed by atoms with Crippen LogP contribution in [0.5, 0.6) is 5.75 Å². The van der Waals surface area contributed by atoms with Crippen LogP contribution in [0.25, 0.3) is 4.96 Å². The van der Waals surface area contributed by atoms with Crippen molar-refractivity contribution in [2.75, 3.05) is 20.7 Å². The molecule has 3 aromatic rings. The summed E-state index contributed by atoms with van der Waals surface area (Å²) >= 11 is 1.64. The minimum Gasteiger partial charge on any atom is -0.497 e. The van der Waals surface area contributed by atoms with Crippen molar-refractivity contribution in [1.82, 2.24) is 20.0 Å². The quantitative estimate of drug-likeness (QED) is 0.494. The van der Waals surface area contributed by atoms with E-state index < -0.39 is 0 Å². The van der Waals surface area contributed by atoms with Gasteiger partial charge in [-0.1, -0.05) is 19.1 Å². The molecule has 0 bridgehead atoms. The monoisotopic (exact) mass is 371 g/mol. The van der Waals surface area contributed by atoms with E-state index in [1.165, 1.54) is 5.56 Å². The van der Waals surface area contributed by atoms with Gasteiger partial charge in [0.1, 0.15) is 5.75 Å². The molecule has 26 heavy (non-hydrogen) atoms. The molecule has 6 nitrogen and oxygen atoms in total. The van der Waals surface area contributed by atoms with Crippen LogP contribution in [0, 0.1) is 0 Å². The molecule has 0 aliphatic heterocycles. The lowest BCUT2D eigenvalue weighted by molar-refractivity contribution is 0.414. The topological polar surface area (TPSA) is 63.0 Å². The average Bonchev–Trinajstić information content (AvgIpc) is 3.26. The number of hydrogen-bond donors (Lipinski definition) is 2. The molecule has 2 N–H and O–H groups in total. The summed E-state index contributed by atoms with van der Waals surface area (Å²) in [4.78, 5) is 9.86. The van der Waals surface area contributed by atoms with E-state index in [0.717, 1.165) is 35.3 Å². The fourth-order valence-electron chi connectivity index (χ4n) is 2.76. The summed E-state index contributed by atoms with van der Waals surface area (Å²) in [6.07, 6.45) is 5.08. The van der Waals surface area contributed by atoms with Crippen LogP contribution < -0.4 is 15.4 Å². The van der Waals surface area contributed by atoms with Gasteiger partial charge in [-0.3, -0.25) is 9.39 Å². The number of hydrogen-bond acceptors (Lipinski definition) is 4. The molecule has 1 aromatic carbocycles. The molecule has 1 atom stereocenters. The predicted octanol–water partition coefficient (Wildman–Crippen LogP) is 3.26. The maximum Gasteiger partial charge on any atom is 0.193 e. The summed E-state index contributed by atoms with van der Waals surface area (Å²) in [6.45, 7) is 3.74. The van der Waals surface area contributed by atoms with E-state index in [0.29, 0.717) is 12.5 Å². The number of fused-ring (bicyclic) bond motifs is 1. The van der Waals surface area contributed by atoms with Crippen LogP contribution in [0.3, 0.4) is 0 Å². The molecule has 0 aliphatic rings. The minimum atomic E-state index is 0.464. The Morgan fingerprint density at radius 1 is 1.31 bits per heavy atom. The predicted molar refractivity (Wildman–Crippen MR) is 107 cm³/mol. The molecule has 1 unspecified atom stereocenters. The summed E-state index contributed by atoms with van der Waals surface area (Å²) in [7, 11) is 3.47. The van der Waals surface area contributed by atoms with Crippen molar-refractivity contribution in [3.63, 3.8) is 0 Å². The van der Waals surface area contributed by atoms with Gasteiger partial charge in [0.2, 0.25) is 0 Å². The molecule has 0 aliphatic carbocycles. The van der Waals surface area contributed by atoms with Gasteiger partial charge in [-0.2, -0.15) is 0 Å². The number of ether oxygens (including phenoxy) is 1. The van der Waals surface area contributed by atoms with Crippen molar-refractivity contribution in [2.45, 2.75) is 25.8 Å². The highest BCUT2D eigenvalue weighted by Crippen LogP contribution is 2.21. The number of rotatable bonds is 7. The average molecular weight is 372 g/mol.